The summed E-state index contributed by atoms with van der Waals surface area (Å²) >= 11 is 0. The second kappa shape index (κ2) is 5.70. The minimum atomic E-state index is 0. The van der Waals surface area contributed by atoms with E-state index >= 15 is 0 Å². The van der Waals surface area contributed by atoms with Crippen molar-refractivity contribution < 1.29 is 5.11 Å². The monoisotopic (exact) mass is 201 g/mol. The molecule has 1 aromatic rings. The number of aromatic hydroxyl groups is 1. The molecule has 1 aromatic carbocycles. The number of hydrogen-bond acceptors (Lipinski definition) is 2. The molecule has 0 fully saturated rings. The zero-order valence-corrected chi connectivity index (χ0v) is 8.82. The third-order valence-corrected chi connectivity index (χ3v) is 1.84. The zero-order valence-electron chi connectivity index (χ0n) is 8.00. The van der Waals surface area contributed by atoms with Crippen LogP contribution >= 0.6 is 12.4 Å². The Morgan fingerprint density at radius 1 is 1.31 bits per heavy atom. The summed E-state index contributed by atoms with van der Waals surface area (Å²) in [6.45, 7) is 5.00. The number of halogens is 1. The van der Waals surface area contributed by atoms with Gasteiger partial charge in [0.25, 0.3) is 0 Å². The van der Waals surface area contributed by atoms with Crippen LogP contribution in [0.3, 0.4) is 0 Å². The summed E-state index contributed by atoms with van der Waals surface area (Å²) < 4.78 is 0. The Bertz CT molecular complexity index is 263. The molecular formula is C10H16ClNO. The fourth-order valence-electron chi connectivity index (χ4n) is 1.18. The number of rotatable bonds is 3. The summed E-state index contributed by atoms with van der Waals surface area (Å²) in [4.78, 5) is 0. The predicted molar refractivity (Wildman–Crippen MR) is 58.9 cm³/mol. The summed E-state index contributed by atoms with van der Waals surface area (Å²) in [7, 11) is 0. The number of phenolic OH excluding ortho intramolecular Hbond substituents is 1. The van der Waals surface area contributed by atoms with E-state index in [1.54, 1.807) is 6.07 Å². The molecule has 0 atom stereocenters. The van der Waals surface area contributed by atoms with Crippen LogP contribution in [-0.4, -0.2) is 11.7 Å². The smallest absolute Gasteiger partial charge is 0.118 e. The van der Waals surface area contributed by atoms with Crippen LogP contribution in [0.5, 0.6) is 5.75 Å². The molecule has 0 aliphatic rings. The maximum Gasteiger partial charge on any atom is 0.118 e. The van der Waals surface area contributed by atoms with Crippen LogP contribution in [0, 0.1) is 0 Å². The molecule has 0 spiro atoms. The number of phenols is 1. The highest BCUT2D eigenvalue weighted by Crippen LogP contribution is 2.21. The van der Waals surface area contributed by atoms with Crippen LogP contribution in [0.25, 0.3) is 0 Å². The highest BCUT2D eigenvalue weighted by Gasteiger charge is 1.98. The SMILES string of the molecule is CCNc1ccc(O)c(CC)c1.Cl. The van der Waals surface area contributed by atoms with Crippen molar-refractivity contribution in [3.63, 3.8) is 0 Å². The summed E-state index contributed by atoms with van der Waals surface area (Å²) in [6, 6.07) is 5.60. The third kappa shape index (κ3) is 3.15. The molecule has 0 saturated carbocycles. The molecule has 0 bridgehead atoms. The fourth-order valence-corrected chi connectivity index (χ4v) is 1.18. The first-order valence-corrected chi connectivity index (χ1v) is 4.33. The fraction of sp³-hybridized carbons (Fsp3) is 0.400. The van der Waals surface area contributed by atoms with Crippen LogP contribution in [0.2, 0.25) is 0 Å². The molecule has 3 heteroatoms. The summed E-state index contributed by atoms with van der Waals surface area (Å²) in [5.74, 6) is 0.388. The first-order chi connectivity index (χ1) is 5.77. The molecule has 1 rings (SSSR count). The van der Waals surface area contributed by atoms with E-state index in [4.69, 9.17) is 0 Å². The topological polar surface area (TPSA) is 32.3 Å². The van der Waals surface area contributed by atoms with E-state index in [1.807, 2.05) is 19.1 Å². The molecule has 0 radical (unpaired) electrons. The molecule has 2 nitrogen and oxygen atoms in total. The Hall–Kier alpha value is -0.890. The van der Waals surface area contributed by atoms with Gasteiger partial charge >= 0.3 is 0 Å². The molecule has 74 valence electrons. The Kier molecular flexibility index (Phi) is 5.31. The van der Waals surface area contributed by atoms with Gasteiger partial charge in [0.15, 0.2) is 0 Å². The predicted octanol–water partition coefficient (Wildman–Crippen LogP) is 2.81. The Morgan fingerprint density at radius 2 is 2.00 bits per heavy atom. The van der Waals surface area contributed by atoms with Crippen molar-refractivity contribution in [3.8, 4) is 5.75 Å². The lowest BCUT2D eigenvalue weighted by Crippen LogP contribution is -1.96. The first-order valence-electron chi connectivity index (χ1n) is 4.33. The highest BCUT2D eigenvalue weighted by molar-refractivity contribution is 5.85. The second-order valence-corrected chi connectivity index (χ2v) is 2.73. The van der Waals surface area contributed by atoms with Crippen LogP contribution in [0.4, 0.5) is 5.69 Å². The van der Waals surface area contributed by atoms with Gasteiger partial charge in [0, 0.05) is 12.2 Å². The molecule has 2 N–H and O–H groups in total. The van der Waals surface area contributed by atoms with Crippen molar-refractivity contribution in [2.75, 3.05) is 11.9 Å². The number of nitrogens with one attached hydrogen (secondary N) is 1. The molecule has 0 aromatic heterocycles. The van der Waals surface area contributed by atoms with Gasteiger partial charge in [0.2, 0.25) is 0 Å². The second-order valence-electron chi connectivity index (χ2n) is 2.73. The van der Waals surface area contributed by atoms with E-state index in [1.165, 1.54) is 0 Å². The lowest BCUT2D eigenvalue weighted by molar-refractivity contribution is 0.469. The van der Waals surface area contributed by atoms with Crippen molar-refractivity contribution >= 4 is 18.1 Å². The van der Waals surface area contributed by atoms with Gasteiger partial charge in [-0.05, 0) is 37.1 Å². The van der Waals surface area contributed by atoms with Crippen LogP contribution in [0.15, 0.2) is 18.2 Å². The minimum absolute atomic E-state index is 0. The molecule has 0 aliphatic heterocycles. The van der Waals surface area contributed by atoms with E-state index in [0.717, 1.165) is 24.2 Å². The van der Waals surface area contributed by atoms with E-state index in [2.05, 4.69) is 12.2 Å². The van der Waals surface area contributed by atoms with Crippen LogP contribution < -0.4 is 5.32 Å². The number of benzene rings is 1. The number of aryl methyl sites for hydroxylation is 1. The van der Waals surface area contributed by atoms with Crippen LogP contribution in [-0.2, 0) is 6.42 Å². The largest absolute Gasteiger partial charge is 0.508 e. The van der Waals surface area contributed by atoms with Crippen molar-refractivity contribution in [2.45, 2.75) is 20.3 Å². The van der Waals surface area contributed by atoms with Gasteiger partial charge in [-0.1, -0.05) is 6.92 Å². The molecular weight excluding hydrogens is 186 g/mol. The molecule has 0 amide bonds. The van der Waals surface area contributed by atoms with E-state index in [-0.39, 0.29) is 12.4 Å². The molecule has 0 saturated heterocycles. The Balaban J connectivity index is 0.00000144. The van der Waals surface area contributed by atoms with Gasteiger partial charge in [0.1, 0.15) is 5.75 Å². The zero-order chi connectivity index (χ0) is 8.97. The summed E-state index contributed by atoms with van der Waals surface area (Å²) in [6.07, 6.45) is 0.866. The standard InChI is InChI=1S/C10H15NO.ClH/c1-3-8-7-9(11-4-2)5-6-10(8)12;/h5-7,11-12H,3-4H2,1-2H3;1H. The molecule has 13 heavy (non-hydrogen) atoms. The lowest BCUT2D eigenvalue weighted by atomic mass is 10.1. The average Bonchev–Trinajstić information content (AvgIpc) is 2.09. The number of anilines is 1. The minimum Gasteiger partial charge on any atom is -0.508 e. The molecule has 0 aliphatic carbocycles. The quantitative estimate of drug-likeness (QED) is 0.738. The summed E-state index contributed by atoms with van der Waals surface area (Å²) in [5, 5.41) is 12.6. The van der Waals surface area contributed by atoms with Gasteiger partial charge < -0.3 is 10.4 Å². The van der Waals surface area contributed by atoms with Crippen molar-refractivity contribution in [3.05, 3.63) is 23.8 Å². The first kappa shape index (κ1) is 12.1. The van der Waals surface area contributed by atoms with Crippen LogP contribution in [0.1, 0.15) is 19.4 Å². The van der Waals surface area contributed by atoms with E-state index in [9.17, 15) is 5.11 Å². The Morgan fingerprint density at radius 3 is 2.54 bits per heavy atom. The van der Waals surface area contributed by atoms with Gasteiger partial charge in [-0.3, -0.25) is 0 Å². The van der Waals surface area contributed by atoms with Gasteiger partial charge in [0.05, 0.1) is 0 Å². The molecule has 0 heterocycles. The lowest BCUT2D eigenvalue weighted by Gasteiger charge is -2.06. The third-order valence-electron chi connectivity index (χ3n) is 1.84. The maximum absolute atomic E-state index is 9.38. The average molecular weight is 202 g/mol. The number of hydrogen-bond donors (Lipinski definition) is 2. The maximum atomic E-state index is 9.38. The molecule has 0 unspecified atom stereocenters. The highest BCUT2D eigenvalue weighted by atomic mass is 35.5. The van der Waals surface area contributed by atoms with Gasteiger partial charge in [-0.15, -0.1) is 12.4 Å². The van der Waals surface area contributed by atoms with Crippen molar-refractivity contribution in [2.24, 2.45) is 0 Å². The summed E-state index contributed by atoms with van der Waals surface area (Å²) in [5.41, 5.74) is 2.07. The normalized spacial score (nSPS) is 9.08. The van der Waals surface area contributed by atoms with Gasteiger partial charge in [-0.2, -0.15) is 0 Å². The van der Waals surface area contributed by atoms with Crippen molar-refractivity contribution in [1.29, 1.82) is 0 Å². The van der Waals surface area contributed by atoms with E-state index in [0.29, 0.717) is 5.75 Å². The van der Waals surface area contributed by atoms with E-state index < -0.39 is 0 Å². The Labute approximate surface area is 85.4 Å². The van der Waals surface area contributed by atoms with Crippen molar-refractivity contribution in [1.82, 2.24) is 0 Å². The van der Waals surface area contributed by atoms with Gasteiger partial charge in [-0.25, -0.2) is 0 Å².